The van der Waals surface area contributed by atoms with Crippen molar-refractivity contribution in [3.8, 4) is 5.88 Å². The van der Waals surface area contributed by atoms with Crippen molar-refractivity contribution in [2.24, 2.45) is 0 Å². The molecule has 0 radical (unpaired) electrons. The lowest BCUT2D eigenvalue weighted by Gasteiger charge is -2.18. The highest BCUT2D eigenvalue weighted by atomic mass is 16.5. The Balaban J connectivity index is 1.78. The van der Waals surface area contributed by atoms with Gasteiger partial charge in [-0.05, 0) is 11.6 Å². The van der Waals surface area contributed by atoms with Crippen LogP contribution in [-0.4, -0.2) is 33.0 Å². The minimum atomic E-state index is -0.256. The van der Waals surface area contributed by atoms with Crippen LogP contribution in [0.2, 0.25) is 0 Å². The quantitative estimate of drug-likeness (QED) is 0.748. The largest absolute Gasteiger partial charge is 0.481 e. The van der Waals surface area contributed by atoms with E-state index in [2.05, 4.69) is 20.5 Å². The number of carbonyl (C=O) groups excluding carboxylic acids is 1. The van der Waals surface area contributed by atoms with Crippen molar-refractivity contribution in [2.45, 2.75) is 12.6 Å². The van der Waals surface area contributed by atoms with E-state index in [1.165, 1.54) is 13.3 Å². The second-order valence-electron chi connectivity index (χ2n) is 5.11. The zero-order valence-corrected chi connectivity index (χ0v) is 13.2. The predicted octanol–water partition coefficient (Wildman–Crippen LogP) is 1.85. The lowest BCUT2D eigenvalue weighted by molar-refractivity contribution is 0.0930. The fourth-order valence-electron chi connectivity index (χ4n) is 2.30. The first kappa shape index (κ1) is 15.7. The zero-order valence-electron chi connectivity index (χ0n) is 13.2. The Morgan fingerprint density at radius 2 is 1.92 bits per heavy atom. The fraction of sp³-hybridized carbons (Fsp3) is 0.176. The Hall–Kier alpha value is -3.22. The van der Waals surface area contributed by atoms with Crippen LogP contribution in [0, 0.1) is 0 Å². The Kier molecular flexibility index (Phi) is 4.81. The maximum Gasteiger partial charge on any atom is 0.253 e. The summed E-state index contributed by atoms with van der Waals surface area (Å²) in [5, 5.41) is 11.2. The van der Waals surface area contributed by atoms with Crippen LogP contribution in [-0.2, 0) is 6.54 Å². The first-order chi connectivity index (χ1) is 11.8. The maximum absolute atomic E-state index is 12.5. The number of rotatable bonds is 6. The van der Waals surface area contributed by atoms with Gasteiger partial charge < -0.3 is 10.1 Å². The molecule has 0 spiro atoms. The van der Waals surface area contributed by atoms with Crippen LogP contribution in [0.1, 0.15) is 22.0 Å². The van der Waals surface area contributed by atoms with Gasteiger partial charge in [-0.15, -0.1) is 0 Å². The third-order valence-corrected chi connectivity index (χ3v) is 3.53. The number of hydrogen-bond donors (Lipinski definition) is 1. The SMILES string of the molecule is COc1ccc(C(=O)NC(Cn2nccn2)c2ccccc2)cn1. The molecule has 7 heteroatoms. The van der Waals surface area contributed by atoms with Crippen LogP contribution in [0.4, 0.5) is 0 Å². The summed E-state index contributed by atoms with van der Waals surface area (Å²) in [6.45, 7) is 0.437. The highest BCUT2D eigenvalue weighted by Gasteiger charge is 2.17. The van der Waals surface area contributed by atoms with Crippen molar-refractivity contribution in [1.29, 1.82) is 0 Å². The topological polar surface area (TPSA) is 81.9 Å². The highest BCUT2D eigenvalue weighted by molar-refractivity contribution is 5.94. The van der Waals surface area contributed by atoms with Gasteiger partial charge in [0.05, 0.1) is 37.7 Å². The van der Waals surface area contributed by atoms with Crippen LogP contribution in [0.25, 0.3) is 0 Å². The average Bonchev–Trinajstić information content (AvgIpc) is 3.15. The Bertz CT molecular complexity index is 773. The van der Waals surface area contributed by atoms with Gasteiger partial charge in [0.2, 0.25) is 5.88 Å². The lowest BCUT2D eigenvalue weighted by atomic mass is 10.1. The number of nitrogens with zero attached hydrogens (tertiary/aromatic N) is 4. The normalized spacial score (nSPS) is 11.7. The summed E-state index contributed by atoms with van der Waals surface area (Å²) in [4.78, 5) is 18.1. The highest BCUT2D eigenvalue weighted by Crippen LogP contribution is 2.16. The molecule has 7 nitrogen and oxygen atoms in total. The first-order valence-electron chi connectivity index (χ1n) is 7.46. The van der Waals surface area contributed by atoms with E-state index < -0.39 is 0 Å². The minimum Gasteiger partial charge on any atom is -0.481 e. The predicted molar refractivity (Wildman–Crippen MR) is 87.5 cm³/mol. The number of aromatic nitrogens is 4. The van der Waals surface area contributed by atoms with Crippen molar-refractivity contribution in [1.82, 2.24) is 25.3 Å². The van der Waals surface area contributed by atoms with Crippen LogP contribution in [0.3, 0.4) is 0 Å². The van der Waals surface area contributed by atoms with Crippen molar-refractivity contribution in [3.05, 3.63) is 72.2 Å². The van der Waals surface area contributed by atoms with Crippen LogP contribution in [0.5, 0.6) is 5.88 Å². The number of nitrogens with one attached hydrogen (secondary N) is 1. The molecule has 3 aromatic rings. The molecule has 24 heavy (non-hydrogen) atoms. The van der Waals surface area contributed by atoms with E-state index in [-0.39, 0.29) is 11.9 Å². The van der Waals surface area contributed by atoms with Crippen molar-refractivity contribution in [2.75, 3.05) is 7.11 Å². The molecule has 0 aliphatic rings. The molecule has 122 valence electrons. The van der Waals surface area contributed by atoms with E-state index in [1.54, 1.807) is 29.3 Å². The molecule has 1 N–H and O–H groups in total. The molecule has 1 atom stereocenters. The summed E-state index contributed by atoms with van der Waals surface area (Å²) in [6, 6.07) is 12.8. The zero-order chi connectivity index (χ0) is 16.8. The van der Waals surface area contributed by atoms with Gasteiger partial charge in [0.25, 0.3) is 5.91 Å². The summed E-state index contributed by atoms with van der Waals surface area (Å²) < 4.78 is 5.01. The standard InChI is InChI=1S/C17H17N5O2/c1-24-16-8-7-14(11-18-16)17(23)21-15(12-22-19-9-10-20-22)13-5-3-2-4-6-13/h2-11,15H,12H2,1H3,(H,21,23). The number of carbonyl (C=O) groups is 1. The average molecular weight is 323 g/mol. The smallest absolute Gasteiger partial charge is 0.253 e. The van der Waals surface area contributed by atoms with Gasteiger partial charge in [0.15, 0.2) is 0 Å². The summed E-state index contributed by atoms with van der Waals surface area (Å²) in [6.07, 6.45) is 4.71. The molecule has 0 saturated heterocycles. The van der Waals surface area contributed by atoms with Gasteiger partial charge in [0, 0.05) is 12.3 Å². The Morgan fingerprint density at radius 3 is 2.54 bits per heavy atom. The molecular weight excluding hydrogens is 306 g/mol. The summed E-state index contributed by atoms with van der Waals surface area (Å²) in [7, 11) is 1.53. The number of pyridine rings is 1. The molecule has 1 amide bonds. The number of hydrogen-bond acceptors (Lipinski definition) is 5. The Labute approximate surface area is 139 Å². The van der Waals surface area contributed by atoms with Gasteiger partial charge in [-0.3, -0.25) is 4.79 Å². The second kappa shape index (κ2) is 7.36. The van der Waals surface area contributed by atoms with Gasteiger partial charge in [-0.2, -0.15) is 15.0 Å². The van der Waals surface area contributed by atoms with Gasteiger partial charge >= 0.3 is 0 Å². The summed E-state index contributed by atoms with van der Waals surface area (Å²) in [5.41, 5.74) is 1.44. The van der Waals surface area contributed by atoms with Crippen molar-refractivity contribution in [3.63, 3.8) is 0 Å². The molecule has 1 aromatic carbocycles. The summed E-state index contributed by atoms with van der Waals surface area (Å²) in [5.74, 6) is 0.248. The fourth-order valence-corrected chi connectivity index (χ4v) is 2.30. The van der Waals surface area contributed by atoms with Crippen molar-refractivity contribution < 1.29 is 9.53 Å². The monoisotopic (exact) mass is 323 g/mol. The van der Waals surface area contributed by atoms with E-state index in [0.29, 0.717) is 18.0 Å². The van der Waals surface area contributed by atoms with E-state index in [1.807, 2.05) is 30.3 Å². The Morgan fingerprint density at radius 1 is 1.17 bits per heavy atom. The van der Waals surface area contributed by atoms with E-state index in [9.17, 15) is 4.79 Å². The van der Waals surface area contributed by atoms with Crippen LogP contribution < -0.4 is 10.1 Å². The maximum atomic E-state index is 12.5. The van der Waals surface area contributed by atoms with E-state index in [4.69, 9.17) is 4.74 Å². The molecule has 3 rings (SSSR count). The number of methoxy groups -OCH3 is 1. The van der Waals surface area contributed by atoms with Gasteiger partial charge in [0.1, 0.15) is 0 Å². The molecule has 0 aliphatic heterocycles. The first-order valence-corrected chi connectivity index (χ1v) is 7.46. The molecular formula is C17H17N5O2. The van der Waals surface area contributed by atoms with Crippen LogP contribution in [0.15, 0.2) is 61.1 Å². The van der Waals surface area contributed by atoms with Gasteiger partial charge in [-0.1, -0.05) is 30.3 Å². The van der Waals surface area contributed by atoms with E-state index >= 15 is 0 Å². The number of ether oxygens (including phenoxy) is 1. The molecule has 2 heterocycles. The molecule has 2 aromatic heterocycles. The third kappa shape index (κ3) is 3.75. The minimum absolute atomic E-state index is 0.217. The van der Waals surface area contributed by atoms with Crippen molar-refractivity contribution >= 4 is 5.91 Å². The third-order valence-electron chi connectivity index (χ3n) is 3.53. The van der Waals surface area contributed by atoms with Gasteiger partial charge in [-0.25, -0.2) is 4.98 Å². The molecule has 0 aliphatic carbocycles. The molecule has 0 fully saturated rings. The van der Waals surface area contributed by atoms with Crippen LogP contribution >= 0.6 is 0 Å². The number of amides is 1. The second-order valence-corrected chi connectivity index (χ2v) is 5.11. The molecule has 0 bridgehead atoms. The number of benzene rings is 1. The molecule has 0 saturated carbocycles. The molecule has 1 unspecified atom stereocenters. The summed E-state index contributed by atoms with van der Waals surface area (Å²) >= 11 is 0. The van der Waals surface area contributed by atoms with E-state index in [0.717, 1.165) is 5.56 Å². The lowest BCUT2D eigenvalue weighted by Crippen LogP contribution is -2.32.